The normalized spacial score (nSPS) is 12.2. The molecule has 0 spiro atoms. The number of rotatable bonds is 6. The number of carbonyl (C=O) groups is 1. The third-order valence-electron chi connectivity index (χ3n) is 1.94. The van der Waals surface area contributed by atoms with E-state index in [2.05, 4.69) is 4.74 Å². The Balaban J connectivity index is 2.74. The number of aliphatic hydroxyl groups excluding tert-OH is 1. The maximum absolute atomic E-state index is 13.3. The SMILES string of the molecule is COCC(O)COc1c(F)cc(C=O)cc1F. The molecule has 94 valence electrons. The van der Waals surface area contributed by atoms with Crippen molar-refractivity contribution >= 4 is 6.29 Å². The highest BCUT2D eigenvalue weighted by molar-refractivity contribution is 5.75. The van der Waals surface area contributed by atoms with Crippen LogP contribution in [0.5, 0.6) is 5.75 Å². The van der Waals surface area contributed by atoms with E-state index in [1.807, 2.05) is 0 Å². The highest BCUT2D eigenvalue weighted by Gasteiger charge is 2.14. The highest BCUT2D eigenvalue weighted by atomic mass is 19.1. The van der Waals surface area contributed by atoms with Crippen LogP contribution < -0.4 is 4.74 Å². The van der Waals surface area contributed by atoms with Crippen molar-refractivity contribution < 1.29 is 28.2 Å². The van der Waals surface area contributed by atoms with Crippen LogP contribution in [0, 0.1) is 11.6 Å². The fourth-order valence-corrected chi connectivity index (χ4v) is 1.21. The van der Waals surface area contributed by atoms with E-state index in [0.717, 1.165) is 12.1 Å². The Morgan fingerprint density at radius 1 is 1.35 bits per heavy atom. The van der Waals surface area contributed by atoms with Crippen LogP contribution in [0.1, 0.15) is 10.4 Å². The molecule has 1 unspecified atom stereocenters. The van der Waals surface area contributed by atoms with Crippen molar-refractivity contribution in [2.24, 2.45) is 0 Å². The van der Waals surface area contributed by atoms with Gasteiger partial charge in [-0.3, -0.25) is 4.79 Å². The largest absolute Gasteiger partial charge is 0.485 e. The summed E-state index contributed by atoms with van der Waals surface area (Å²) >= 11 is 0. The number of aliphatic hydroxyl groups is 1. The van der Waals surface area contributed by atoms with Crippen LogP contribution in [0.25, 0.3) is 0 Å². The van der Waals surface area contributed by atoms with Crippen LogP contribution >= 0.6 is 0 Å². The van der Waals surface area contributed by atoms with E-state index in [-0.39, 0.29) is 18.8 Å². The molecule has 1 aromatic carbocycles. The first-order chi connectivity index (χ1) is 8.08. The van der Waals surface area contributed by atoms with E-state index in [1.165, 1.54) is 7.11 Å². The first kappa shape index (κ1) is 13.5. The number of halogens is 2. The van der Waals surface area contributed by atoms with E-state index in [0.29, 0.717) is 6.29 Å². The van der Waals surface area contributed by atoms with Crippen molar-refractivity contribution in [2.75, 3.05) is 20.3 Å². The third-order valence-corrected chi connectivity index (χ3v) is 1.94. The van der Waals surface area contributed by atoms with Crippen LogP contribution in [0.3, 0.4) is 0 Å². The number of aldehydes is 1. The number of methoxy groups -OCH3 is 1. The summed E-state index contributed by atoms with van der Waals surface area (Å²) in [7, 11) is 1.38. The van der Waals surface area contributed by atoms with E-state index >= 15 is 0 Å². The Kier molecular flexibility index (Phi) is 4.99. The molecule has 0 aliphatic rings. The molecule has 1 rings (SSSR count). The molecule has 1 N–H and O–H groups in total. The topological polar surface area (TPSA) is 55.8 Å². The van der Waals surface area contributed by atoms with Gasteiger partial charge >= 0.3 is 0 Å². The standard InChI is InChI=1S/C11H12F2O4/c1-16-5-8(15)6-17-11-9(12)2-7(4-14)3-10(11)13/h2-4,8,15H,5-6H2,1H3. The van der Waals surface area contributed by atoms with Crippen molar-refractivity contribution in [2.45, 2.75) is 6.10 Å². The summed E-state index contributed by atoms with van der Waals surface area (Å²) in [4.78, 5) is 10.3. The highest BCUT2D eigenvalue weighted by Crippen LogP contribution is 2.22. The summed E-state index contributed by atoms with van der Waals surface area (Å²) in [5.74, 6) is -2.60. The minimum atomic E-state index is -0.989. The predicted molar refractivity (Wildman–Crippen MR) is 55.1 cm³/mol. The molecule has 0 fully saturated rings. The summed E-state index contributed by atoms with van der Waals surface area (Å²) in [6, 6.07) is 1.71. The zero-order valence-electron chi connectivity index (χ0n) is 9.15. The average Bonchev–Trinajstić information content (AvgIpc) is 2.28. The smallest absolute Gasteiger partial charge is 0.190 e. The molecule has 0 heterocycles. The maximum Gasteiger partial charge on any atom is 0.190 e. The molecule has 0 saturated carbocycles. The van der Waals surface area contributed by atoms with Gasteiger partial charge in [-0.2, -0.15) is 0 Å². The molecular weight excluding hydrogens is 234 g/mol. The first-order valence-electron chi connectivity index (χ1n) is 4.82. The maximum atomic E-state index is 13.3. The Labute approximate surface area is 96.8 Å². The van der Waals surface area contributed by atoms with Gasteiger partial charge in [0.25, 0.3) is 0 Å². The fraction of sp³-hybridized carbons (Fsp3) is 0.364. The lowest BCUT2D eigenvalue weighted by molar-refractivity contribution is 0.0305. The van der Waals surface area contributed by atoms with Gasteiger partial charge in [-0.15, -0.1) is 0 Å². The average molecular weight is 246 g/mol. The van der Waals surface area contributed by atoms with Crippen LogP contribution in [-0.4, -0.2) is 37.8 Å². The zero-order valence-corrected chi connectivity index (χ0v) is 9.15. The lowest BCUT2D eigenvalue weighted by Crippen LogP contribution is -2.23. The predicted octanol–water partition coefficient (Wildman–Crippen LogP) is 1.16. The van der Waals surface area contributed by atoms with Gasteiger partial charge in [-0.05, 0) is 12.1 Å². The molecule has 0 aromatic heterocycles. The lowest BCUT2D eigenvalue weighted by atomic mass is 10.2. The summed E-state index contributed by atoms with van der Waals surface area (Å²) in [5, 5.41) is 9.24. The summed E-state index contributed by atoms with van der Waals surface area (Å²) in [6.45, 7) is -0.308. The number of hydrogen-bond donors (Lipinski definition) is 1. The second kappa shape index (κ2) is 6.27. The van der Waals surface area contributed by atoms with E-state index in [1.54, 1.807) is 0 Å². The molecule has 0 radical (unpaired) electrons. The number of hydrogen-bond acceptors (Lipinski definition) is 4. The summed E-state index contributed by atoms with van der Waals surface area (Å²) in [6.07, 6.45) is -0.653. The molecule has 0 bridgehead atoms. The minimum absolute atomic E-state index is 0.00431. The fourth-order valence-electron chi connectivity index (χ4n) is 1.21. The van der Waals surface area contributed by atoms with Gasteiger partial charge < -0.3 is 14.6 Å². The third kappa shape index (κ3) is 3.76. The Hall–Kier alpha value is -1.53. The van der Waals surface area contributed by atoms with E-state index < -0.39 is 23.5 Å². The molecule has 1 aromatic rings. The van der Waals surface area contributed by atoms with Crippen molar-refractivity contribution in [1.29, 1.82) is 0 Å². The molecule has 0 aliphatic carbocycles. The van der Waals surface area contributed by atoms with Crippen molar-refractivity contribution in [3.63, 3.8) is 0 Å². The van der Waals surface area contributed by atoms with Crippen molar-refractivity contribution in [1.82, 2.24) is 0 Å². The Morgan fingerprint density at radius 3 is 2.41 bits per heavy atom. The van der Waals surface area contributed by atoms with Gasteiger partial charge in [0.15, 0.2) is 17.4 Å². The quantitative estimate of drug-likeness (QED) is 0.765. The second-order valence-corrected chi connectivity index (χ2v) is 3.35. The molecule has 17 heavy (non-hydrogen) atoms. The van der Waals surface area contributed by atoms with E-state index in [9.17, 15) is 18.7 Å². The molecule has 4 nitrogen and oxygen atoms in total. The molecule has 6 heteroatoms. The van der Waals surface area contributed by atoms with Crippen molar-refractivity contribution in [3.8, 4) is 5.75 Å². The van der Waals surface area contributed by atoms with Gasteiger partial charge in [0.05, 0.1) is 6.61 Å². The second-order valence-electron chi connectivity index (χ2n) is 3.35. The van der Waals surface area contributed by atoms with E-state index in [4.69, 9.17) is 4.74 Å². The van der Waals surface area contributed by atoms with Crippen LogP contribution in [-0.2, 0) is 4.74 Å². The summed E-state index contributed by atoms with van der Waals surface area (Å²) in [5.41, 5.74) is -0.121. The van der Waals surface area contributed by atoms with Gasteiger partial charge in [0, 0.05) is 12.7 Å². The van der Waals surface area contributed by atoms with Gasteiger partial charge in [-0.1, -0.05) is 0 Å². The zero-order chi connectivity index (χ0) is 12.8. The molecule has 0 amide bonds. The summed E-state index contributed by atoms with van der Waals surface area (Å²) < 4.78 is 36.0. The molecule has 0 aliphatic heterocycles. The number of carbonyl (C=O) groups excluding carboxylic acids is 1. The minimum Gasteiger partial charge on any atom is -0.485 e. The first-order valence-corrected chi connectivity index (χ1v) is 4.82. The molecular formula is C11H12F2O4. The Morgan fingerprint density at radius 2 is 1.94 bits per heavy atom. The van der Waals surface area contributed by atoms with Gasteiger partial charge in [0.1, 0.15) is 19.0 Å². The van der Waals surface area contributed by atoms with Crippen LogP contribution in [0.4, 0.5) is 8.78 Å². The van der Waals surface area contributed by atoms with Crippen LogP contribution in [0.2, 0.25) is 0 Å². The molecule has 1 atom stereocenters. The monoisotopic (exact) mass is 246 g/mol. The Bertz CT molecular complexity index is 372. The number of benzene rings is 1. The molecule has 0 saturated heterocycles. The van der Waals surface area contributed by atoms with Crippen molar-refractivity contribution in [3.05, 3.63) is 29.3 Å². The van der Waals surface area contributed by atoms with Crippen LogP contribution in [0.15, 0.2) is 12.1 Å². The van der Waals surface area contributed by atoms with Gasteiger partial charge in [0.2, 0.25) is 0 Å². The lowest BCUT2D eigenvalue weighted by Gasteiger charge is -2.12. The van der Waals surface area contributed by atoms with Gasteiger partial charge in [-0.25, -0.2) is 8.78 Å². The number of ether oxygens (including phenoxy) is 2.